The normalized spacial score (nSPS) is 12.8. The Kier molecular flexibility index (Phi) is 4.74. The fourth-order valence-electron chi connectivity index (χ4n) is 0.997. The highest BCUT2D eigenvalue weighted by Gasteiger charge is 2.13. The Morgan fingerprint density at radius 1 is 1.23 bits per heavy atom. The molecule has 0 aromatic heterocycles. The van der Waals surface area contributed by atoms with Crippen molar-refractivity contribution in [1.82, 2.24) is 0 Å². The summed E-state index contributed by atoms with van der Waals surface area (Å²) in [6.45, 7) is 5.32. The number of Topliss-reactive ketones (excluding diaryl/α,β-unsaturated/α-hetero) is 1. The Morgan fingerprint density at radius 2 is 1.77 bits per heavy atom. The van der Waals surface area contributed by atoms with E-state index in [1.165, 1.54) is 0 Å². The summed E-state index contributed by atoms with van der Waals surface area (Å²) in [5.41, 5.74) is 1.30. The molecule has 3 nitrogen and oxygen atoms in total. The number of hydrogen-bond acceptors (Lipinski definition) is 2. The summed E-state index contributed by atoms with van der Waals surface area (Å²) in [4.78, 5) is 21.6. The van der Waals surface area contributed by atoms with E-state index >= 15 is 0 Å². The summed E-state index contributed by atoms with van der Waals surface area (Å²) in [5, 5.41) is 8.42. The summed E-state index contributed by atoms with van der Waals surface area (Å²) < 4.78 is 0. The van der Waals surface area contributed by atoms with E-state index in [2.05, 4.69) is 0 Å². The first-order valence-corrected chi connectivity index (χ1v) is 4.07. The molecular formula is C10H14O3. The Labute approximate surface area is 77.8 Å². The Bertz CT molecular complexity index is 272. The molecule has 1 N–H and O–H groups in total. The van der Waals surface area contributed by atoms with E-state index in [-0.39, 0.29) is 5.78 Å². The molecule has 0 spiro atoms. The molecule has 0 atom stereocenters. The molecule has 0 heterocycles. The molecule has 0 amide bonds. The second-order valence-corrected chi connectivity index (χ2v) is 2.67. The van der Waals surface area contributed by atoms with Crippen molar-refractivity contribution in [1.29, 1.82) is 0 Å². The molecule has 72 valence electrons. The molecular weight excluding hydrogens is 168 g/mol. The minimum atomic E-state index is -1.09. The molecule has 0 aromatic rings. The maximum Gasteiger partial charge on any atom is 0.311 e. The van der Waals surface area contributed by atoms with Crippen molar-refractivity contribution in [3.05, 3.63) is 23.3 Å². The Balaban J connectivity index is 4.63. The number of aliphatic carboxylic acids is 1. The van der Waals surface area contributed by atoms with E-state index in [1.54, 1.807) is 26.0 Å². The highest BCUT2D eigenvalue weighted by Crippen LogP contribution is 2.11. The molecule has 0 aliphatic rings. The molecule has 3 heteroatoms. The van der Waals surface area contributed by atoms with Gasteiger partial charge in [-0.15, -0.1) is 0 Å². The third kappa shape index (κ3) is 3.69. The number of carbonyl (C=O) groups excluding carboxylic acids is 1. The average Bonchev–Trinajstić information content (AvgIpc) is 2.03. The van der Waals surface area contributed by atoms with Crippen molar-refractivity contribution >= 4 is 11.8 Å². The zero-order valence-electron chi connectivity index (χ0n) is 8.13. The van der Waals surface area contributed by atoms with Gasteiger partial charge in [-0.3, -0.25) is 9.59 Å². The lowest BCUT2D eigenvalue weighted by atomic mass is 10.0. The van der Waals surface area contributed by atoms with Gasteiger partial charge in [0.2, 0.25) is 0 Å². The van der Waals surface area contributed by atoms with Crippen LogP contribution in [-0.4, -0.2) is 16.9 Å². The number of allylic oxidation sites excluding steroid dienone is 4. The fraction of sp³-hybridized carbons (Fsp3) is 0.400. The molecule has 0 radical (unpaired) electrons. The van der Waals surface area contributed by atoms with Crippen LogP contribution in [0.15, 0.2) is 23.3 Å². The highest BCUT2D eigenvalue weighted by atomic mass is 16.4. The van der Waals surface area contributed by atoms with Crippen LogP contribution in [0, 0.1) is 0 Å². The average molecular weight is 182 g/mol. The van der Waals surface area contributed by atoms with Gasteiger partial charge in [-0.1, -0.05) is 12.2 Å². The first-order chi connectivity index (χ1) is 6.02. The second-order valence-electron chi connectivity index (χ2n) is 2.67. The molecule has 0 unspecified atom stereocenters. The van der Waals surface area contributed by atoms with Crippen molar-refractivity contribution in [3.8, 4) is 0 Å². The fourth-order valence-corrected chi connectivity index (χ4v) is 0.997. The van der Waals surface area contributed by atoms with Gasteiger partial charge < -0.3 is 5.11 Å². The molecule has 0 saturated heterocycles. The first kappa shape index (κ1) is 11.6. The minimum absolute atomic E-state index is 0.342. The molecule has 0 aliphatic carbocycles. The van der Waals surface area contributed by atoms with E-state index in [9.17, 15) is 9.59 Å². The van der Waals surface area contributed by atoms with Crippen molar-refractivity contribution in [2.75, 3.05) is 0 Å². The van der Waals surface area contributed by atoms with Gasteiger partial charge in [-0.25, -0.2) is 0 Å². The summed E-state index contributed by atoms with van der Waals surface area (Å²) in [6.07, 6.45) is 2.99. The number of rotatable bonds is 4. The zero-order chi connectivity index (χ0) is 10.4. The zero-order valence-corrected chi connectivity index (χ0v) is 8.13. The van der Waals surface area contributed by atoms with Crippen LogP contribution in [0.25, 0.3) is 0 Å². The van der Waals surface area contributed by atoms with E-state index < -0.39 is 12.4 Å². The van der Waals surface area contributed by atoms with E-state index in [4.69, 9.17) is 5.11 Å². The predicted octanol–water partition coefficient (Wildman–Crippen LogP) is 1.94. The SMILES string of the molecule is C/C=C(C)\C(=C/C)C(=O)CC(=O)O. The lowest BCUT2D eigenvalue weighted by Gasteiger charge is -2.03. The maximum atomic E-state index is 11.3. The van der Waals surface area contributed by atoms with Gasteiger partial charge in [0.1, 0.15) is 6.42 Å². The lowest BCUT2D eigenvalue weighted by molar-refractivity contribution is -0.139. The molecule has 0 rings (SSSR count). The smallest absolute Gasteiger partial charge is 0.311 e. The van der Waals surface area contributed by atoms with Crippen molar-refractivity contribution in [2.45, 2.75) is 27.2 Å². The third-order valence-electron chi connectivity index (χ3n) is 1.76. The molecule has 0 aliphatic heterocycles. The number of hydrogen-bond donors (Lipinski definition) is 1. The van der Waals surface area contributed by atoms with E-state index in [0.29, 0.717) is 5.57 Å². The van der Waals surface area contributed by atoms with Crippen LogP contribution in [0.5, 0.6) is 0 Å². The largest absolute Gasteiger partial charge is 0.481 e. The summed E-state index contributed by atoms with van der Waals surface area (Å²) in [6, 6.07) is 0. The molecule has 13 heavy (non-hydrogen) atoms. The van der Waals surface area contributed by atoms with E-state index in [0.717, 1.165) is 5.57 Å². The quantitative estimate of drug-likeness (QED) is 0.410. The van der Waals surface area contributed by atoms with Crippen LogP contribution >= 0.6 is 0 Å². The van der Waals surface area contributed by atoms with Gasteiger partial charge in [0.15, 0.2) is 5.78 Å². The molecule has 0 fully saturated rings. The number of carboxylic acids is 1. The third-order valence-corrected chi connectivity index (χ3v) is 1.76. The molecule has 0 saturated carbocycles. The summed E-state index contributed by atoms with van der Waals surface area (Å²) in [5.74, 6) is -1.43. The summed E-state index contributed by atoms with van der Waals surface area (Å²) in [7, 11) is 0. The van der Waals surface area contributed by atoms with Gasteiger partial charge in [-0.05, 0) is 26.3 Å². The van der Waals surface area contributed by atoms with Crippen molar-refractivity contribution in [3.63, 3.8) is 0 Å². The lowest BCUT2D eigenvalue weighted by Crippen LogP contribution is -2.09. The van der Waals surface area contributed by atoms with Crippen molar-refractivity contribution < 1.29 is 14.7 Å². The van der Waals surface area contributed by atoms with Crippen molar-refractivity contribution in [2.24, 2.45) is 0 Å². The predicted molar refractivity (Wildman–Crippen MR) is 50.4 cm³/mol. The van der Waals surface area contributed by atoms with E-state index in [1.807, 2.05) is 6.92 Å². The molecule has 0 aromatic carbocycles. The van der Waals surface area contributed by atoms with Crippen LogP contribution in [0.2, 0.25) is 0 Å². The van der Waals surface area contributed by atoms with Crippen LogP contribution < -0.4 is 0 Å². The van der Waals surface area contributed by atoms with Crippen LogP contribution in [0.1, 0.15) is 27.2 Å². The van der Waals surface area contributed by atoms with Gasteiger partial charge in [0.05, 0.1) is 0 Å². The highest BCUT2D eigenvalue weighted by molar-refractivity contribution is 6.07. The number of carboxylic acid groups (broad SMARTS) is 1. The Morgan fingerprint density at radius 3 is 2.08 bits per heavy atom. The van der Waals surface area contributed by atoms with Crippen LogP contribution in [0.3, 0.4) is 0 Å². The van der Waals surface area contributed by atoms with Crippen LogP contribution in [-0.2, 0) is 9.59 Å². The topological polar surface area (TPSA) is 54.4 Å². The second kappa shape index (κ2) is 5.30. The van der Waals surface area contributed by atoms with Gasteiger partial charge >= 0.3 is 5.97 Å². The molecule has 0 bridgehead atoms. The Hall–Kier alpha value is -1.38. The monoisotopic (exact) mass is 182 g/mol. The maximum absolute atomic E-state index is 11.3. The van der Waals surface area contributed by atoms with Gasteiger partial charge in [0.25, 0.3) is 0 Å². The minimum Gasteiger partial charge on any atom is -0.481 e. The first-order valence-electron chi connectivity index (χ1n) is 4.07. The standard InChI is InChI=1S/C10H14O3/c1-4-7(3)8(5-2)9(11)6-10(12)13/h4-5H,6H2,1-3H3,(H,12,13)/b7-4-,8-5+. The number of carbonyl (C=O) groups is 2. The van der Waals surface area contributed by atoms with Gasteiger partial charge in [0, 0.05) is 5.57 Å². The summed E-state index contributed by atoms with van der Waals surface area (Å²) >= 11 is 0. The van der Waals surface area contributed by atoms with Crippen LogP contribution in [0.4, 0.5) is 0 Å². The van der Waals surface area contributed by atoms with Gasteiger partial charge in [-0.2, -0.15) is 0 Å². The number of ketones is 1.